The van der Waals surface area contributed by atoms with E-state index in [0.29, 0.717) is 5.92 Å². The lowest BCUT2D eigenvalue weighted by atomic mass is 9.84. The van der Waals surface area contributed by atoms with Gasteiger partial charge in [-0.15, -0.1) is 24.8 Å². The topological polar surface area (TPSA) is 34.2 Å². The molecule has 0 saturated carbocycles. The van der Waals surface area contributed by atoms with Crippen LogP contribution in [-0.2, 0) is 11.2 Å². The molecule has 4 rings (SSSR count). The highest BCUT2D eigenvalue weighted by Gasteiger charge is 2.27. The molecule has 0 bridgehead atoms. The number of aromatic nitrogens is 1. The lowest BCUT2D eigenvalue weighted by molar-refractivity contribution is 0.0110. The number of halogens is 2. The Kier molecular flexibility index (Phi) is 8.94. The van der Waals surface area contributed by atoms with E-state index in [2.05, 4.69) is 71.0 Å². The lowest BCUT2D eigenvalue weighted by Crippen LogP contribution is -2.42. The van der Waals surface area contributed by atoms with Crippen molar-refractivity contribution in [3.8, 4) is 11.1 Å². The maximum absolute atomic E-state index is 6.14. The molecule has 1 aliphatic heterocycles. The van der Waals surface area contributed by atoms with Gasteiger partial charge in [-0.2, -0.15) is 0 Å². The molecule has 3 aromatic rings. The van der Waals surface area contributed by atoms with Gasteiger partial charge in [-0.25, -0.2) is 0 Å². The first-order valence-electron chi connectivity index (χ1n) is 9.27. The summed E-state index contributed by atoms with van der Waals surface area (Å²) < 4.78 is 6.14. The van der Waals surface area contributed by atoms with Crippen molar-refractivity contribution >= 4 is 24.8 Å². The summed E-state index contributed by atoms with van der Waals surface area (Å²) in [6.07, 6.45) is 4.89. The molecule has 2 aromatic carbocycles. The van der Waals surface area contributed by atoms with E-state index in [0.717, 1.165) is 31.7 Å². The quantitative estimate of drug-likeness (QED) is 0.641. The van der Waals surface area contributed by atoms with Crippen molar-refractivity contribution in [3.05, 3.63) is 90.3 Å². The van der Waals surface area contributed by atoms with E-state index in [1.807, 2.05) is 18.5 Å². The molecule has 1 aromatic heterocycles. The number of rotatable bonds is 5. The Hall–Kier alpha value is -1.91. The lowest BCUT2D eigenvalue weighted by Gasteiger charge is -2.32. The molecule has 1 aliphatic rings. The van der Waals surface area contributed by atoms with Crippen LogP contribution in [0.1, 0.15) is 17.0 Å². The molecular formula is C23H26Cl2N2O. The minimum Gasteiger partial charge on any atom is -0.375 e. The molecule has 5 heteroatoms. The normalized spacial score (nSPS) is 17.1. The Morgan fingerprint density at radius 2 is 1.75 bits per heavy atom. The van der Waals surface area contributed by atoms with Crippen molar-refractivity contribution in [2.75, 3.05) is 19.7 Å². The van der Waals surface area contributed by atoms with Gasteiger partial charge in [0.2, 0.25) is 0 Å². The van der Waals surface area contributed by atoms with Crippen LogP contribution in [-0.4, -0.2) is 30.8 Å². The van der Waals surface area contributed by atoms with Gasteiger partial charge in [0.1, 0.15) is 0 Å². The Morgan fingerprint density at radius 3 is 2.46 bits per heavy atom. The van der Waals surface area contributed by atoms with E-state index >= 15 is 0 Å². The molecule has 1 fully saturated rings. The molecule has 0 spiro atoms. The Morgan fingerprint density at radius 1 is 0.964 bits per heavy atom. The first kappa shape index (κ1) is 22.4. The number of morpholine rings is 1. The van der Waals surface area contributed by atoms with Crippen LogP contribution in [0.2, 0.25) is 0 Å². The van der Waals surface area contributed by atoms with Gasteiger partial charge >= 0.3 is 0 Å². The van der Waals surface area contributed by atoms with Gasteiger partial charge in [0.05, 0.1) is 12.7 Å². The highest BCUT2D eigenvalue weighted by molar-refractivity contribution is 5.85. The van der Waals surface area contributed by atoms with Gasteiger partial charge in [0, 0.05) is 37.0 Å². The number of nitrogens with one attached hydrogen (secondary N) is 1. The van der Waals surface area contributed by atoms with E-state index in [-0.39, 0.29) is 30.9 Å². The van der Waals surface area contributed by atoms with Crippen LogP contribution >= 0.6 is 24.8 Å². The smallest absolute Gasteiger partial charge is 0.0771 e. The first-order valence-corrected chi connectivity index (χ1v) is 9.27. The van der Waals surface area contributed by atoms with Gasteiger partial charge in [-0.1, -0.05) is 60.7 Å². The van der Waals surface area contributed by atoms with Crippen LogP contribution in [0, 0.1) is 0 Å². The predicted octanol–water partition coefficient (Wildman–Crippen LogP) is 4.91. The largest absolute Gasteiger partial charge is 0.375 e. The Bertz CT molecular complexity index is 824. The van der Waals surface area contributed by atoms with Crippen LogP contribution in [0.15, 0.2) is 79.1 Å². The fourth-order valence-electron chi connectivity index (χ4n) is 3.75. The zero-order valence-corrected chi connectivity index (χ0v) is 17.3. The molecule has 0 amide bonds. The zero-order chi connectivity index (χ0) is 17.6. The average Bonchev–Trinajstić information content (AvgIpc) is 2.74. The standard InChI is InChI=1S/C23H24N2O.2ClH/c1-2-7-18(8-3-1)22(23-17-25-13-14-26-23)15-19-9-4-5-11-21(19)20-10-6-12-24-16-20;;/h1-12,16,22-23,25H,13-15,17H2;2*1H/t22-,23-;;/m1../s1. The second-order valence-corrected chi connectivity index (χ2v) is 6.73. The van der Waals surface area contributed by atoms with Crippen molar-refractivity contribution in [2.24, 2.45) is 0 Å². The maximum Gasteiger partial charge on any atom is 0.0771 e. The van der Waals surface area contributed by atoms with Crippen molar-refractivity contribution < 1.29 is 4.74 Å². The maximum atomic E-state index is 6.14. The summed E-state index contributed by atoms with van der Waals surface area (Å²) in [6, 6.07) is 23.5. The SMILES string of the molecule is Cl.Cl.c1ccc([C@@H](Cc2ccccc2-c2cccnc2)[C@H]2CNCCO2)cc1. The number of hydrogen-bond acceptors (Lipinski definition) is 3. The van der Waals surface area contributed by atoms with Crippen LogP contribution in [0.25, 0.3) is 11.1 Å². The Balaban J connectivity index is 0.00000140. The average molecular weight is 417 g/mol. The number of ether oxygens (including phenoxy) is 1. The van der Waals surface area contributed by atoms with E-state index in [4.69, 9.17) is 4.74 Å². The summed E-state index contributed by atoms with van der Waals surface area (Å²) in [6.45, 7) is 2.61. The van der Waals surface area contributed by atoms with Gasteiger partial charge in [0.25, 0.3) is 0 Å². The number of nitrogens with zero attached hydrogens (tertiary/aromatic N) is 1. The van der Waals surface area contributed by atoms with Crippen molar-refractivity contribution in [1.29, 1.82) is 0 Å². The fourth-order valence-corrected chi connectivity index (χ4v) is 3.75. The van der Waals surface area contributed by atoms with Crippen molar-refractivity contribution in [3.63, 3.8) is 0 Å². The molecule has 148 valence electrons. The second kappa shape index (κ2) is 11.2. The monoisotopic (exact) mass is 416 g/mol. The summed E-state index contributed by atoms with van der Waals surface area (Å²) in [5, 5.41) is 3.48. The Labute approximate surface area is 179 Å². The fraction of sp³-hybridized carbons (Fsp3) is 0.261. The van der Waals surface area contributed by atoms with Crippen LogP contribution in [0.4, 0.5) is 0 Å². The number of pyridine rings is 1. The van der Waals surface area contributed by atoms with E-state index in [1.54, 1.807) is 0 Å². The third-order valence-electron chi connectivity index (χ3n) is 5.06. The van der Waals surface area contributed by atoms with Gasteiger partial charge in [-0.05, 0) is 29.2 Å². The third-order valence-corrected chi connectivity index (χ3v) is 5.06. The van der Waals surface area contributed by atoms with Crippen LogP contribution in [0.3, 0.4) is 0 Å². The van der Waals surface area contributed by atoms with Crippen LogP contribution < -0.4 is 5.32 Å². The summed E-state index contributed by atoms with van der Waals surface area (Å²) in [7, 11) is 0. The minimum absolute atomic E-state index is 0. The summed E-state index contributed by atoms with van der Waals surface area (Å²) >= 11 is 0. The molecule has 0 radical (unpaired) electrons. The number of hydrogen-bond donors (Lipinski definition) is 1. The predicted molar refractivity (Wildman–Crippen MR) is 120 cm³/mol. The molecular weight excluding hydrogens is 391 g/mol. The van der Waals surface area contributed by atoms with Gasteiger partial charge in [0.15, 0.2) is 0 Å². The third kappa shape index (κ3) is 5.33. The van der Waals surface area contributed by atoms with Crippen LogP contribution in [0.5, 0.6) is 0 Å². The minimum atomic E-state index is 0. The summed E-state index contributed by atoms with van der Waals surface area (Å²) in [5.41, 5.74) is 5.09. The first-order chi connectivity index (χ1) is 12.9. The van der Waals surface area contributed by atoms with E-state index in [9.17, 15) is 0 Å². The van der Waals surface area contributed by atoms with Gasteiger partial charge in [-0.3, -0.25) is 4.98 Å². The second-order valence-electron chi connectivity index (χ2n) is 6.73. The molecule has 0 aliphatic carbocycles. The van der Waals surface area contributed by atoms with E-state index in [1.165, 1.54) is 16.7 Å². The van der Waals surface area contributed by atoms with Gasteiger partial charge < -0.3 is 10.1 Å². The van der Waals surface area contributed by atoms with Crippen molar-refractivity contribution in [2.45, 2.75) is 18.4 Å². The molecule has 28 heavy (non-hydrogen) atoms. The van der Waals surface area contributed by atoms with E-state index < -0.39 is 0 Å². The highest BCUT2D eigenvalue weighted by atomic mass is 35.5. The molecule has 2 atom stereocenters. The van der Waals surface area contributed by atoms with Crippen molar-refractivity contribution in [1.82, 2.24) is 10.3 Å². The summed E-state index contributed by atoms with van der Waals surface area (Å²) in [4.78, 5) is 4.29. The molecule has 2 heterocycles. The molecule has 1 N–H and O–H groups in total. The molecule has 0 unspecified atom stereocenters. The molecule has 3 nitrogen and oxygen atoms in total. The molecule has 1 saturated heterocycles. The number of benzene rings is 2. The highest BCUT2D eigenvalue weighted by Crippen LogP contribution is 2.31. The zero-order valence-electron chi connectivity index (χ0n) is 15.7. The summed E-state index contributed by atoms with van der Waals surface area (Å²) in [5.74, 6) is 0.321.